The molecule has 0 aromatic carbocycles. The van der Waals surface area contributed by atoms with Crippen molar-refractivity contribution in [1.82, 2.24) is 5.06 Å². The summed E-state index contributed by atoms with van der Waals surface area (Å²) in [7, 11) is -3.75. The van der Waals surface area contributed by atoms with Crippen molar-refractivity contribution in [3.05, 3.63) is 0 Å². The molecule has 131 valence electrons. The molecule has 8 heteroatoms. The molecule has 1 radical (unpaired) electrons. The van der Waals surface area contributed by atoms with Gasteiger partial charge in [-0.3, -0.25) is 4.57 Å². The molecule has 7 nitrogen and oxygen atoms in total. The van der Waals surface area contributed by atoms with E-state index < -0.39 is 36.7 Å². The maximum Gasteiger partial charge on any atom is 0.350 e. The highest BCUT2D eigenvalue weighted by molar-refractivity contribution is 7.54. The summed E-state index contributed by atoms with van der Waals surface area (Å²) in [5.74, 6) is -2.48. The van der Waals surface area contributed by atoms with E-state index in [-0.39, 0.29) is 13.2 Å². The number of hydrogen-bond donors (Lipinski definition) is 0. The van der Waals surface area contributed by atoms with Crippen molar-refractivity contribution in [3.8, 4) is 0 Å². The van der Waals surface area contributed by atoms with E-state index in [0.29, 0.717) is 5.06 Å². The van der Waals surface area contributed by atoms with Crippen LogP contribution in [0.15, 0.2) is 0 Å². The first-order chi connectivity index (χ1) is 9.81. The lowest BCUT2D eigenvalue weighted by atomic mass is 9.92. The van der Waals surface area contributed by atoms with E-state index in [9.17, 15) is 19.7 Å². The fourth-order valence-corrected chi connectivity index (χ4v) is 4.85. The van der Waals surface area contributed by atoms with Gasteiger partial charge in [0.2, 0.25) is 0 Å². The summed E-state index contributed by atoms with van der Waals surface area (Å²) in [6, 6.07) is 0. The highest BCUT2D eigenvalue weighted by Crippen LogP contribution is 2.60. The third-order valence-corrected chi connectivity index (χ3v) is 5.91. The summed E-state index contributed by atoms with van der Waals surface area (Å²) in [4.78, 5) is 10.9. The Morgan fingerprint density at radius 2 is 1.55 bits per heavy atom. The molecule has 0 heterocycles. The maximum atomic E-state index is 13.1. The van der Waals surface area contributed by atoms with Gasteiger partial charge in [-0.1, -0.05) is 20.8 Å². The number of nitrogens with zero attached hydrogens (tertiary/aromatic N) is 1. The first-order valence-corrected chi connectivity index (χ1v) is 8.98. The van der Waals surface area contributed by atoms with E-state index >= 15 is 0 Å². The average Bonchev–Trinajstić information content (AvgIpc) is 2.25. The predicted octanol–water partition coefficient (Wildman–Crippen LogP) is 2.19. The number of hydroxylamine groups is 2. The maximum absolute atomic E-state index is 13.1. The first-order valence-electron chi connectivity index (χ1n) is 7.37. The second-order valence-electron chi connectivity index (χ2n) is 6.80. The van der Waals surface area contributed by atoms with Gasteiger partial charge in [0.05, 0.1) is 13.2 Å². The molecule has 0 saturated carbocycles. The molecule has 0 bridgehead atoms. The Kier molecular flexibility index (Phi) is 7.72. The molecule has 0 fully saturated rings. The van der Waals surface area contributed by atoms with Gasteiger partial charge in [0, 0.05) is 17.9 Å². The minimum absolute atomic E-state index is 0.124. The summed E-state index contributed by atoms with van der Waals surface area (Å²) in [6.07, 6.45) is -0.485. The van der Waals surface area contributed by atoms with E-state index in [4.69, 9.17) is 9.05 Å². The van der Waals surface area contributed by atoms with Gasteiger partial charge >= 0.3 is 7.60 Å². The van der Waals surface area contributed by atoms with Crippen molar-refractivity contribution in [3.63, 3.8) is 0 Å². The Balaban J connectivity index is 5.82. The molecule has 0 aliphatic heterocycles. The summed E-state index contributed by atoms with van der Waals surface area (Å²) < 4.78 is 23.7. The molecule has 1 unspecified atom stereocenters. The van der Waals surface area contributed by atoms with Crippen molar-refractivity contribution in [2.24, 2.45) is 5.41 Å². The molecule has 0 saturated heterocycles. The zero-order chi connectivity index (χ0) is 17.8. The van der Waals surface area contributed by atoms with E-state index in [1.54, 1.807) is 34.6 Å². The molecule has 0 spiro atoms. The standard InChI is InChI=1S/C14H29NO6P/c1-8-20-22(19,21-9-2)12(13(3,4)5)15(18)14(6,7)10-11(16)17/h12H,8-10H2,1-7H3,(H,16,17)/p-1. The van der Waals surface area contributed by atoms with Gasteiger partial charge in [-0.05, 0) is 33.1 Å². The Labute approximate surface area is 133 Å². The SMILES string of the molecule is CCOP(=O)(OCC)C(N([O])C(C)(C)CC(=O)[O-])C(C)(C)C. The molecule has 0 aliphatic carbocycles. The monoisotopic (exact) mass is 337 g/mol. The van der Waals surface area contributed by atoms with E-state index in [2.05, 4.69) is 0 Å². The molecule has 0 amide bonds. The van der Waals surface area contributed by atoms with Crippen molar-refractivity contribution in [2.45, 2.75) is 66.2 Å². The van der Waals surface area contributed by atoms with Gasteiger partial charge in [-0.25, -0.2) is 0 Å². The highest BCUT2D eigenvalue weighted by atomic mass is 31.2. The smallest absolute Gasteiger partial charge is 0.350 e. The Hall–Kier alpha value is -0.460. The van der Waals surface area contributed by atoms with Gasteiger partial charge in [-0.15, -0.1) is 10.3 Å². The van der Waals surface area contributed by atoms with Crippen LogP contribution in [-0.2, 0) is 23.6 Å². The first kappa shape index (κ1) is 21.5. The summed E-state index contributed by atoms with van der Waals surface area (Å²) in [6.45, 7) is 11.7. The lowest BCUT2D eigenvalue weighted by molar-refractivity contribution is -0.315. The molecule has 0 aliphatic rings. The average molecular weight is 337 g/mol. The van der Waals surface area contributed by atoms with Crippen molar-refractivity contribution in [1.29, 1.82) is 0 Å². The molecule has 0 N–H and O–H groups in total. The van der Waals surface area contributed by atoms with Crippen LogP contribution in [-0.4, -0.2) is 35.6 Å². The third-order valence-electron chi connectivity index (χ3n) is 3.09. The van der Waals surface area contributed by atoms with Crippen LogP contribution < -0.4 is 5.11 Å². The minimum Gasteiger partial charge on any atom is -0.550 e. The summed E-state index contributed by atoms with van der Waals surface area (Å²) in [5, 5.41) is 24.3. The van der Waals surface area contributed by atoms with Crippen LogP contribution in [0.25, 0.3) is 0 Å². The number of carbonyl (C=O) groups is 1. The van der Waals surface area contributed by atoms with Crippen LogP contribution in [0.5, 0.6) is 0 Å². The highest BCUT2D eigenvalue weighted by Gasteiger charge is 2.51. The van der Waals surface area contributed by atoms with Crippen LogP contribution in [0.3, 0.4) is 0 Å². The summed E-state index contributed by atoms with van der Waals surface area (Å²) in [5.41, 5.74) is -2.05. The van der Waals surface area contributed by atoms with Crippen LogP contribution >= 0.6 is 7.60 Å². The topological polar surface area (TPSA) is 98.8 Å². The molecule has 0 aromatic heterocycles. The van der Waals surface area contributed by atoms with E-state index in [0.717, 1.165) is 0 Å². The number of aliphatic carboxylic acids is 1. The Morgan fingerprint density at radius 3 is 1.82 bits per heavy atom. The minimum atomic E-state index is -3.75. The molecular weight excluding hydrogens is 309 g/mol. The van der Waals surface area contributed by atoms with Crippen LogP contribution in [0.4, 0.5) is 0 Å². The fraction of sp³-hybridized carbons (Fsp3) is 0.929. The van der Waals surface area contributed by atoms with E-state index in [1.807, 2.05) is 0 Å². The number of hydrogen-bond acceptors (Lipinski definition) is 6. The molecule has 0 rings (SSSR count). The van der Waals surface area contributed by atoms with Crippen molar-refractivity contribution in [2.75, 3.05) is 13.2 Å². The second kappa shape index (κ2) is 7.88. The molecule has 0 aromatic rings. The molecule has 1 atom stereocenters. The lowest BCUT2D eigenvalue weighted by Crippen LogP contribution is -2.54. The largest absolute Gasteiger partial charge is 0.550 e. The number of rotatable bonds is 9. The normalized spacial score (nSPS) is 15.1. The Morgan fingerprint density at radius 1 is 1.14 bits per heavy atom. The van der Waals surface area contributed by atoms with Crippen molar-refractivity contribution < 1.29 is 28.7 Å². The third kappa shape index (κ3) is 5.63. The quantitative estimate of drug-likeness (QED) is 0.472. The predicted molar refractivity (Wildman–Crippen MR) is 80.3 cm³/mol. The zero-order valence-corrected chi connectivity index (χ0v) is 15.4. The summed E-state index contributed by atoms with van der Waals surface area (Å²) >= 11 is 0. The number of carboxylic acids is 1. The zero-order valence-electron chi connectivity index (χ0n) is 14.5. The Bertz CT molecular complexity index is 408. The molecule has 22 heavy (non-hydrogen) atoms. The second-order valence-corrected chi connectivity index (χ2v) is 8.89. The van der Waals surface area contributed by atoms with Gasteiger partial charge < -0.3 is 18.9 Å². The molecular formula is C14H28NO6P-. The van der Waals surface area contributed by atoms with Gasteiger partial charge in [0.15, 0.2) is 0 Å². The number of carboxylic acid groups (broad SMARTS) is 1. The number of carbonyl (C=O) groups excluding carboxylic acids is 1. The van der Waals surface area contributed by atoms with Crippen LogP contribution in [0.1, 0.15) is 54.9 Å². The lowest BCUT2D eigenvalue weighted by Gasteiger charge is -2.44. The van der Waals surface area contributed by atoms with Gasteiger partial charge in [0.25, 0.3) is 0 Å². The van der Waals surface area contributed by atoms with Crippen LogP contribution in [0.2, 0.25) is 0 Å². The van der Waals surface area contributed by atoms with Gasteiger partial charge in [-0.2, -0.15) is 0 Å². The fourth-order valence-electron chi connectivity index (χ4n) is 2.26. The van der Waals surface area contributed by atoms with Gasteiger partial charge in [0.1, 0.15) is 5.78 Å². The van der Waals surface area contributed by atoms with Crippen LogP contribution in [0, 0.1) is 5.41 Å². The van der Waals surface area contributed by atoms with Crippen molar-refractivity contribution >= 4 is 13.6 Å². The van der Waals surface area contributed by atoms with E-state index in [1.165, 1.54) is 13.8 Å².